The SMILES string of the molecule is O=C(c1cc(Cl)ccc1F)N1CCC2(CC1)C[C@@H](O)C[C@H](c1ccccc1)O2. The van der Waals surface area contributed by atoms with Gasteiger partial charge >= 0.3 is 0 Å². The summed E-state index contributed by atoms with van der Waals surface area (Å²) in [6, 6.07) is 13.9. The number of likely N-dealkylation sites (tertiary alicyclic amines) is 1. The first-order valence-electron chi connectivity index (χ1n) is 9.61. The number of piperidine rings is 1. The number of nitrogens with zero attached hydrogens (tertiary/aromatic N) is 1. The second kappa shape index (κ2) is 7.82. The van der Waals surface area contributed by atoms with Gasteiger partial charge in [-0.25, -0.2) is 4.39 Å². The molecule has 1 spiro atoms. The van der Waals surface area contributed by atoms with Crippen molar-refractivity contribution in [1.82, 2.24) is 4.90 Å². The van der Waals surface area contributed by atoms with Crippen LogP contribution in [-0.2, 0) is 4.74 Å². The van der Waals surface area contributed by atoms with Crippen molar-refractivity contribution in [3.05, 3.63) is 70.5 Å². The van der Waals surface area contributed by atoms with Crippen molar-refractivity contribution in [3.8, 4) is 0 Å². The summed E-state index contributed by atoms with van der Waals surface area (Å²) in [6.45, 7) is 0.915. The van der Waals surface area contributed by atoms with E-state index in [-0.39, 0.29) is 17.6 Å². The molecule has 0 bridgehead atoms. The van der Waals surface area contributed by atoms with Crippen molar-refractivity contribution >= 4 is 17.5 Å². The summed E-state index contributed by atoms with van der Waals surface area (Å²) >= 11 is 5.92. The highest BCUT2D eigenvalue weighted by atomic mass is 35.5. The number of ether oxygens (including phenoxy) is 1. The van der Waals surface area contributed by atoms with E-state index in [1.165, 1.54) is 18.2 Å². The molecule has 2 aromatic carbocycles. The van der Waals surface area contributed by atoms with Crippen LogP contribution in [0.25, 0.3) is 0 Å². The van der Waals surface area contributed by atoms with Crippen LogP contribution in [0.5, 0.6) is 0 Å². The summed E-state index contributed by atoms with van der Waals surface area (Å²) in [6.07, 6.45) is 1.76. The van der Waals surface area contributed by atoms with Crippen molar-refractivity contribution < 1.29 is 19.0 Å². The number of carbonyl (C=O) groups is 1. The van der Waals surface area contributed by atoms with Crippen LogP contribution < -0.4 is 0 Å². The molecule has 2 aliphatic rings. The zero-order chi connectivity index (χ0) is 19.7. The Hall–Kier alpha value is -1.95. The highest BCUT2D eigenvalue weighted by Gasteiger charge is 2.44. The van der Waals surface area contributed by atoms with Crippen LogP contribution in [0, 0.1) is 5.82 Å². The number of amides is 1. The number of aliphatic hydroxyl groups is 1. The number of carbonyl (C=O) groups excluding carboxylic acids is 1. The topological polar surface area (TPSA) is 49.8 Å². The lowest BCUT2D eigenvalue weighted by molar-refractivity contribution is -0.181. The smallest absolute Gasteiger partial charge is 0.256 e. The molecule has 1 amide bonds. The van der Waals surface area contributed by atoms with Gasteiger partial charge in [0.1, 0.15) is 5.82 Å². The Balaban J connectivity index is 1.46. The molecular formula is C22H23ClFNO3. The summed E-state index contributed by atoms with van der Waals surface area (Å²) < 4.78 is 20.5. The molecule has 4 rings (SSSR count). The van der Waals surface area contributed by atoms with Gasteiger partial charge in [-0.15, -0.1) is 0 Å². The van der Waals surface area contributed by atoms with E-state index in [9.17, 15) is 14.3 Å². The van der Waals surface area contributed by atoms with Gasteiger partial charge in [0.15, 0.2) is 0 Å². The van der Waals surface area contributed by atoms with Crippen LogP contribution >= 0.6 is 11.6 Å². The predicted molar refractivity (Wildman–Crippen MR) is 105 cm³/mol. The summed E-state index contributed by atoms with van der Waals surface area (Å²) in [5, 5.41) is 10.8. The number of benzene rings is 2. The lowest BCUT2D eigenvalue weighted by Gasteiger charge is -2.48. The van der Waals surface area contributed by atoms with Gasteiger partial charge in [0.25, 0.3) is 5.91 Å². The van der Waals surface area contributed by atoms with Crippen molar-refractivity contribution in [2.45, 2.75) is 43.5 Å². The van der Waals surface area contributed by atoms with Gasteiger partial charge in [0.05, 0.1) is 23.4 Å². The van der Waals surface area contributed by atoms with Crippen LogP contribution in [0.3, 0.4) is 0 Å². The second-order valence-electron chi connectivity index (χ2n) is 7.71. The minimum absolute atomic E-state index is 0.00444. The van der Waals surface area contributed by atoms with Gasteiger partial charge in [0.2, 0.25) is 0 Å². The number of halogens is 2. The fourth-order valence-electron chi connectivity index (χ4n) is 4.30. The van der Waals surface area contributed by atoms with Gasteiger partial charge < -0.3 is 14.7 Å². The Morgan fingerprint density at radius 2 is 1.89 bits per heavy atom. The maximum Gasteiger partial charge on any atom is 0.256 e. The van der Waals surface area contributed by atoms with Crippen LogP contribution in [-0.4, -0.2) is 40.7 Å². The van der Waals surface area contributed by atoms with Gasteiger partial charge in [-0.2, -0.15) is 0 Å². The first-order valence-corrected chi connectivity index (χ1v) is 9.99. The zero-order valence-corrected chi connectivity index (χ0v) is 16.2. The Labute approximate surface area is 168 Å². The minimum atomic E-state index is -0.567. The molecule has 0 saturated carbocycles. The molecular weight excluding hydrogens is 381 g/mol. The predicted octanol–water partition coefficient (Wildman–Crippen LogP) is 4.37. The quantitative estimate of drug-likeness (QED) is 0.810. The minimum Gasteiger partial charge on any atom is -0.393 e. The van der Waals surface area contributed by atoms with Crippen LogP contribution in [0.1, 0.15) is 47.7 Å². The second-order valence-corrected chi connectivity index (χ2v) is 8.15. The number of rotatable bonds is 2. The van der Waals surface area contributed by atoms with Crippen molar-refractivity contribution in [2.24, 2.45) is 0 Å². The Bertz CT molecular complexity index is 852. The lowest BCUT2D eigenvalue weighted by atomic mass is 9.81. The monoisotopic (exact) mass is 403 g/mol. The molecule has 0 aliphatic carbocycles. The molecule has 2 atom stereocenters. The summed E-state index contributed by atoms with van der Waals surface area (Å²) in [5.41, 5.74) is 0.595. The van der Waals surface area contributed by atoms with Crippen molar-refractivity contribution in [2.75, 3.05) is 13.1 Å². The number of aliphatic hydroxyl groups excluding tert-OH is 1. The van der Waals surface area contributed by atoms with Crippen LogP contribution in [0.15, 0.2) is 48.5 Å². The third kappa shape index (κ3) is 3.93. The molecule has 148 valence electrons. The van der Waals surface area contributed by atoms with Gasteiger partial charge in [0, 0.05) is 31.0 Å². The van der Waals surface area contributed by atoms with Gasteiger partial charge in [-0.1, -0.05) is 41.9 Å². The summed E-state index contributed by atoms with van der Waals surface area (Å²) in [4.78, 5) is 14.4. The third-order valence-corrected chi connectivity index (χ3v) is 6.01. The Kier molecular flexibility index (Phi) is 5.41. The van der Waals surface area contributed by atoms with Gasteiger partial charge in [-0.3, -0.25) is 4.79 Å². The van der Waals surface area contributed by atoms with E-state index in [2.05, 4.69) is 0 Å². The highest BCUT2D eigenvalue weighted by molar-refractivity contribution is 6.31. The van der Waals surface area contributed by atoms with E-state index in [1.807, 2.05) is 30.3 Å². The normalized spacial score (nSPS) is 24.3. The average Bonchev–Trinajstić information content (AvgIpc) is 2.70. The Morgan fingerprint density at radius 1 is 1.18 bits per heavy atom. The summed E-state index contributed by atoms with van der Waals surface area (Å²) in [7, 11) is 0. The molecule has 2 saturated heterocycles. The molecule has 2 aromatic rings. The zero-order valence-electron chi connectivity index (χ0n) is 15.5. The molecule has 28 heavy (non-hydrogen) atoms. The molecule has 2 aliphatic heterocycles. The molecule has 1 N–H and O–H groups in total. The molecule has 0 unspecified atom stereocenters. The molecule has 0 aromatic heterocycles. The number of hydrogen-bond acceptors (Lipinski definition) is 3. The van der Waals surface area contributed by atoms with Crippen LogP contribution in [0.2, 0.25) is 5.02 Å². The van der Waals surface area contributed by atoms with Gasteiger partial charge in [-0.05, 0) is 36.6 Å². The highest BCUT2D eigenvalue weighted by Crippen LogP contribution is 2.43. The van der Waals surface area contributed by atoms with Crippen molar-refractivity contribution in [1.29, 1.82) is 0 Å². The molecule has 2 heterocycles. The van der Waals surface area contributed by atoms with E-state index in [4.69, 9.17) is 16.3 Å². The molecule has 0 radical (unpaired) electrons. The first-order chi connectivity index (χ1) is 13.5. The maximum absolute atomic E-state index is 14.0. The molecule has 2 fully saturated rings. The summed E-state index contributed by atoms with van der Waals surface area (Å²) in [5.74, 6) is -0.922. The van der Waals surface area contributed by atoms with E-state index in [1.54, 1.807) is 4.90 Å². The fraction of sp³-hybridized carbons (Fsp3) is 0.409. The van der Waals surface area contributed by atoms with E-state index in [0.717, 1.165) is 5.56 Å². The largest absolute Gasteiger partial charge is 0.393 e. The fourth-order valence-corrected chi connectivity index (χ4v) is 4.47. The van der Waals surface area contributed by atoms with E-state index < -0.39 is 17.5 Å². The van der Waals surface area contributed by atoms with E-state index in [0.29, 0.717) is 43.8 Å². The first kappa shape index (κ1) is 19.4. The number of hydrogen-bond donors (Lipinski definition) is 1. The molecule has 4 nitrogen and oxygen atoms in total. The lowest BCUT2D eigenvalue weighted by Crippen LogP contribution is -2.52. The third-order valence-electron chi connectivity index (χ3n) is 5.78. The average molecular weight is 404 g/mol. The maximum atomic E-state index is 14.0. The molecule has 6 heteroatoms. The van der Waals surface area contributed by atoms with Crippen LogP contribution in [0.4, 0.5) is 4.39 Å². The van der Waals surface area contributed by atoms with Crippen molar-refractivity contribution in [3.63, 3.8) is 0 Å². The Morgan fingerprint density at radius 3 is 2.61 bits per heavy atom. The van der Waals surface area contributed by atoms with E-state index >= 15 is 0 Å². The standard InChI is InChI=1S/C22H23ClFNO3/c23-16-6-7-19(24)18(12-16)21(27)25-10-8-22(9-11-25)14-17(26)13-20(28-22)15-4-2-1-3-5-15/h1-7,12,17,20,26H,8-11,13-14H2/t17-,20+/m0/s1.